The van der Waals surface area contributed by atoms with Gasteiger partial charge in [-0.25, -0.2) is 4.98 Å². The van der Waals surface area contributed by atoms with Crippen molar-refractivity contribution in [2.75, 3.05) is 0 Å². The highest BCUT2D eigenvalue weighted by Gasteiger charge is 2.00. The topological polar surface area (TPSA) is 56.7 Å². The molecule has 0 aliphatic carbocycles. The molecule has 0 amide bonds. The molecule has 0 saturated heterocycles. The molecule has 13 heavy (non-hydrogen) atoms. The molecular weight excluding hydrogens is 188 g/mol. The quantitative estimate of drug-likeness (QED) is 0.739. The highest BCUT2D eigenvalue weighted by atomic mass is 35.5. The Labute approximate surface area is 82.2 Å². The van der Waals surface area contributed by atoms with E-state index in [1.54, 1.807) is 17.1 Å². The van der Waals surface area contributed by atoms with E-state index < -0.39 is 0 Å². The van der Waals surface area contributed by atoms with Crippen molar-refractivity contribution >= 4 is 23.4 Å². The van der Waals surface area contributed by atoms with E-state index in [0.717, 1.165) is 16.6 Å². The van der Waals surface area contributed by atoms with Crippen molar-refractivity contribution in [2.24, 2.45) is 12.8 Å². The second-order valence-electron chi connectivity index (χ2n) is 2.73. The van der Waals surface area contributed by atoms with Gasteiger partial charge in [0.2, 0.25) is 0 Å². The minimum atomic E-state index is 0. The molecule has 5 heteroatoms. The Kier molecular flexibility index (Phi) is 2.85. The molecule has 4 nitrogen and oxygen atoms in total. The van der Waals surface area contributed by atoms with Crippen LogP contribution in [0.3, 0.4) is 0 Å². The molecule has 0 aromatic carbocycles. The highest BCUT2D eigenvalue weighted by Crippen LogP contribution is 2.10. The Bertz CT molecular complexity index is 409. The molecule has 2 rings (SSSR count). The normalized spacial score (nSPS) is 10.0. The van der Waals surface area contributed by atoms with E-state index in [1.807, 2.05) is 13.1 Å². The summed E-state index contributed by atoms with van der Waals surface area (Å²) in [6.45, 7) is 0.526. The first-order chi connectivity index (χ1) is 5.81. The number of hydrogen-bond donors (Lipinski definition) is 1. The van der Waals surface area contributed by atoms with Crippen LogP contribution in [0.25, 0.3) is 11.0 Å². The third-order valence-corrected chi connectivity index (χ3v) is 1.86. The second kappa shape index (κ2) is 3.72. The van der Waals surface area contributed by atoms with Crippen LogP contribution < -0.4 is 5.73 Å². The lowest BCUT2D eigenvalue weighted by molar-refractivity contribution is 0.786. The Morgan fingerprint density at radius 2 is 2.23 bits per heavy atom. The van der Waals surface area contributed by atoms with Crippen molar-refractivity contribution in [1.82, 2.24) is 14.8 Å². The number of rotatable bonds is 1. The van der Waals surface area contributed by atoms with Crippen molar-refractivity contribution in [3.63, 3.8) is 0 Å². The highest BCUT2D eigenvalue weighted by molar-refractivity contribution is 5.85. The largest absolute Gasteiger partial charge is 0.326 e. The Morgan fingerprint density at radius 1 is 1.46 bits per heavy atom. The maximum absolute atomic E-state index is 5.48. The van der Waals surface area contributed by atoms with Gasteiger partial charge in [-0.2, -0.15) is 5.10 Å². The van der Waals surface area contributed by atoms with Gasteiger partial charge in [-0.1, -0.05) is 0 Å². The van der Waals surface area contributed by atoms with Crippen LogP contribution in [-0.2, 0) is 13.6 Å². The van der Waals surface area contributed by atoms with E-state index >= 15 is 0 Å². The molecule has 70 valence electrons. The predicted molar refractivity (Wildman–Crippen MR) is 53.6 cm³/mol. The minimum absolute atomic E-state index is 0. The first-order valence-electron chi connectivity index (χ1n) is 3.78. The van der Waals surface area contributed by atoms with Crippen LogP contribution in [0.1, 0.15) is 5.56 Å². The fourth-order valence-electron chi connectivity index (χ4n) is 1.20. The molecule has 0 spiro atoms. The number of halogens is 1. The van der Waals surface area contributed by atoms with Crippen molar-refractivity contribution in [3.8, 4) is 0 Å². The fraction of sp³-hybridized carbons (Fsp3) is 0.250. The molecule has 2 aromatic heterocycles. The third-order valence-electron chi connectivity index (χ3n) is 1.86. The molecule has 2 N–H and O–H groups in total. The van der Waals surface area contributed by atoms with Crippen LogP contribution in [0.5, 0.6) is 0 Å². The van der Waals surface area contributed by atoms with Gasteiger partial charge in [0.1, 0.15) is 0 Å². The van der Waals surface area contributed by atoms with E-state index in [-0.39, 0.29) is 12.4 Å². The molecule has 2 aromatic rings. The summed E-state index contributed by atoms with van der Waals surface area (Å²) in [6, 6.07) is 2.01. The Morgan fingerprint density at radius 3 is 2.92 bits per heavy atom. The number of fused-ring (bicyclic) bond motifs is 1. The lowest BCUT2D eigenvalue weighted by Gasteiger charge is -1.95. The molecule has 0 unspecified atom stereocenters. The van der Waals surface area contributed by atoms with E-state index in [1.165, 1.54) is 0 Å². The van der Waals surface area contributed by atoms with Gasteiger partial charge in [-0.3, -0.25) is 4.68 Å². The number of nitrogens with two attached hydrogens (primary N) is 1. The monoisotopic (exact) mass is 198 g/mol. The molecule has 0 fully saturated rings. The van der Waals surface area contributed by atoms with Crippen molar-refractivity contribution in [3.05, 3.63) is 24.0 Å². The van der Waals surface area contributed by atoms with Gasteiger partial charge in [0.05, 0.1) is 6.20 Å². The summed E-state index contributed by atoms with van der Waals surface area (Å²) in [5.41, 5.74) is 7.41. The second-order valence-corrected chi connectivity index (χ2v) is 2.73. The number of aryl methyl sites for hydroxylation is 1. The summed E-state index contributed by atoms with van der Waals surface area (Å²) >= 11 is 0. The molecule has 0 aliphatic rings. The van der Waals surface area contributed by atoms with Crippen LogP contribution in [0.4, 0.5) is 0 Å². The first-order valence-corrected chi connectivity index (χ1v) is 3.78. The molecule has 0 saturated carbocycles. The van der Waals surface area contributed by atoms with E-state index in [4.69, 9.17) is 5.73 Å². The molecule has 0 atom stereocenters. The van der Waals surface area contributed by atoms with Gasteiger partial charge >= 0.3 is 0 Å². The van der Waals surface area contributed by atoms with Gasteiger partial charge in [-0.15, -0.1) is 12.4 Å². The van der Waals surface area contributed by atoms with Gasteiger partial charge in [-0.05, 0) is 11.6 Å². The van der Waals surface area contributed by atoms with Crippen LogP contribution in [0, 0.1) is 0 Å². The lowest BCUT2D eigenvalue weighted by Crippen LogP contribution is -1.97. The maximum Gasteiger partial charge on any atom is 0.157 e. The van der Waals surface area contributed by atoms with Crippen LogP contribution in [0.2, 0.25) is 0 Å². The van der Waals surface area contributed by atoms with Crippen LogP contribution in [-0.4, -0.2) is 14.8 Å². The zero-order chi connectivity index (χ0) is 8.55. The number of aromatic nitrogens is 3. The Balaban J connectivity index is 0.000000845. The van der Waals surface area contributed by atoms with Gasteiger partial charge in [0.25, 0.3) is 0 Å². The maximum atomic E-state index is 5.48. The van der Waals surface area contributed by atoms with Crippen LogP contribution in [0.15, 0.2) is 18.5 Å². The van der Waals surface area contributed by atoms with E-state index in [0.29, 0.717) is 6.54 Å². The average Bonchev–Trinajstić information content (AvgIpc) is 2.47. The zero-order valence-electron chi connectivity index (χ0n) is 7.27. The summed E-state index contributed by atoms with van der Waals surface area (Å²) < 4.78 is 1.75. The molecule has 0 aliphatic heterocycles. The number of pyridine rings is 1. The average molecular weight is 199 g/mol. The van der Waals surface area contributed by atoms with Crippen molar-refractivity contribution in [2.45, 2.75) is 6.54 Å². The summed E-state index contributed by atoms with van der Waals surface area (Å²) in [7, 11) is 1.87. The number of nitrogens with zero attached hydrogens (tertiary/aromatic N) is 3. The van der Waals surface area contributed by atoms with Gasteiger partial charge < -0.3 is 5.73 Å². The Hall–Kier alpha value is -1.13. The SMILES string of the molecule is Cl.Cn1ncc2cc(CN)cnc21. The predicted octanol–water partition coefficient (Wildman–Crippen LogP) is 0.849. The van der Waals surface area contributed by atoms with Crippen LogP contribution >= 0.6 is 12.4 Å². The van der Waals surface area contributed by atoms with Crippen molar-refractivity contribution in [1.29, 1.82) is 0 Å². The molecule has 0 bridgehead atoms. The van der Waals surface area contributed by atoms with Crippen molar-refractivity contribution < 1.29 is 0 Å². The van der Waals surface area contributed by atoms with Gasteiger partial charge in [0, 0.05) is 25.2 Å². The standard InChI is InChI=1S/C8H10N4.ClH/c1-12-8-7(5-11-12)2-6(3-9)4-10-8;/h2,4-5H,3,9H2,1H3;1H. The minimum Gasteiger partial charge on any atom is -0.326 e. The first kappa shape index (κ1) is 9.95. The number of hydrogen-bond acceptors (Lipinski definition) is 3. The smallest absolute Gasteiger partial charge is 0.157 e. The van der Waals surface area contributed by atoms with E-state index in [9.17, 15) is 0 Å². The summed E-state index contributed by atoms with van der Waals surface area (Å²) in [4.78, 5) is 4.23. The van der Waals surface area contributed by atoms with Gasteiger partial charge in [0.15, 0.2) is 5.65 Å². The molecule has 0 radical (unpaired) electrons. The summed E-state index contributed by atoms with van der Waals surface area (Å²) in [5.74, 6) is 0. The molecular formula is C8H11ClN4. The molecule has 2 heterocycles. The summed E-state index contributed by atoms with van der Waals surface area (Å²) in [5, 5.41) is 5.13. The lowest BCUT2D eigenvalue weighted by atomic mass is 10.2. The van der Waals surface area contributed by atoms with E-state index in [2.05, 4.69) is 10.1 Å². The fourth-order valence-corrected chi connectivity index (χ4v) is 1.20. The zero-order valence-corrected chi connectivity index (χ0v) is 8.08. The summed E-state index contributed by atoms with van der Waals surface area (Å²) in [6.07, 6.45) is 3.57. The third kappa shape index (κ3) is 1.64.